The Labute approximate surface area is 246 Å². The molecule has 0 aromatic heterocycles. The first-order chi connectivity index (χ1) is 15.7. The van der Waals surface area contributed by atoms with Crippen LogP contribution in [0.3, 0.4) is 0 Å². The molecule has 0 aliphatic heterocycles. The van der Waals surface area contributed by atoms with Gasteiger partial charge in [-0.3, -0.25) is 5.32 Å². The van der Waals surface area contributed by atoms with E-state index in [-0.39, 0.29) is 23.0 Å². The van der Waals surface area contributed by atoms with Gasteiger partial charge in [0.1, 0.15) is 0 Å². The molecular weight excluding hydrogens is 574 g/mol. The molecule has 0 saturated carbocycles. The van der Waals surface area contributed by atoms with Crippen molar-refractivity contribution in [3.8, 4) is 0 Å². The van der Waals surface area contributed by atoms with Gasteiger partial charge < -0.3 is 80.2 Å². The van der Waals surface area contributed by atoms with Gasteiger partial charge in [0, 0.05) is 28.2 Å². The van der Waals surface area contributed by atoms with E-state index in [1.807, 2.05) is 33.5 Å². The number of thiocarbonyl (C=S) groups is 2. The van der Waals surface area contributed by atoms with Crippen molar-refractivity contribution in [1.29, 1.82) is 5.41 Å². The normalized spacial score (nSPS) is 9.80. The number of hydrogen-bond donors (Lipinski definition) is 4. The number of guanidine groups is 1. The van der Waals surface area contributed by atoms with Crippen molar-refractivity contribution in [3.05, 3.63) is 0 Å². The summed E-state index contributed by atoms with van der Waals surface area (Å²) in [6, 6.07) is 0. The third-order valence-electron chi connectivity index (χ3n) is 3.99. The second-order valence-corrected chi connectivity index (χ2v) is 10.0. The fraction of sp³-hybridized carbons (Fsp3) is 0.818. The maximum absolute atomic E-state index is 9.34. The fourth-order valence-electron chi connectivity index (χ4n) is 1.89. The molecule has 0 fully saturated rings. The zero-order valence-electron chi connectivity index (χ0n) is 22.1. The molecule has 213 valence electrons. The van der Waals surface area contributed by atoms with Gasteiger partial charge in [0.05, 0.1) is 18.6 Å². The maximum atomic E-state index is 9.34. The van der Waals surface area contributed by atoms with Crippen LogP contribution in [0.4, 0.5) is 0 Å². The Bertz CT molecular complexity index is 487. The van der Waals surface area contributed by atoms with Crippen molar-refractivity contribution in [2.45, 2.75) is 84.2 Å². The average Bonchev–Trinajstić information content (AvgIpc) is 2.73. The molecule has 0 aromatic carbocycles. The molecule has 0 rings (SSSR count). The van der Waals surface area contributed by atoms with Crippen LogP contribution in [0.5, 0.6) is 0 Å². The number of carbonyl (C=O) groups is 1. The average molecular weight is 621 g/mol. The number of aliphatic carboxylic acids is 1. The van der Waals surface area contributed by atoms with Crippen LogP contribution in [0.25, 0.3) is 0 Å². The molecule has 1 radical (unpaired) electrons. The monoisotopic (exact) mass is 620 g/mol. The summed E-state index contributed by atoms with van der Waals surface area (Å²) in [5.74, 6) is -1.22. The molecule has 0 aromatic rings. The molecule has 0 aliphatic rings. The predicted octanol–water partition coefficient (Wildman–Crippen LogP) is 1.24. The van der Waals surface area contributed by atoms with Gasteiger partial charge in [-0.25, -0.2) is 5.41 Å². The number of carboxylic acid groups (broad SMARTS) is 1. The summed E-state index contributed by atoms with van der Waals surface area (Å²) in [5.41, 5.74) is 5.24. The standard InChI is InChI=1S/C13H29N3.2C3H7NS2.C3H6O3.Cu/c1-2-3-4-5-6-7-8-9-10-11-12-16-13(14)15;2*1-4(2)3(5)6;1-2(4)3(5)6;/h2-12H2,1H3,(H4,14,15,16);2*1-2H3,(H,5,6);2,4H,1H3,(H,5,6);/q;;;;+2/p-2. The molecular formula is C22H47CuN5O3S4. The Balaban J connectivity index is -0.000000131. The van der Waals surface area contributed by atoms with Crippen molar-refractivity contribution >= 4 is 70.3 Å². The van der Waals surface area contributed by atoms with E-state index < -0.39 is 12.1 Å². The molecule has 6 N–H and O–H groups in total. The summed E-state index contributed by atoms with van der Waals surface area (Å²) in [4.78, 5) is 12.8. The summed E-state index contributed by atoms with van der Waals surface area (Å²) in [7, 11) is 7.31. The number of nitrogens with zero attached hydrogens (tertiary/aromatic N) is 2. The van der Waals surface area contributed by atoms with Crippen molar-refractivity contribution in [3.63, 3.8) is 0 Å². The van der Waals surface area contributed by atoms with E-state index in [0.717, 1.165) is 13.5 Å². The minimum absolute atomic E-state index is 0. The van der Waals surface area contributed by atoms with Gasteiger partial charge in [0.15, 0.2) is 0 Å². The third-order valence-corrected chi connectivity index (χ3v) is 5.45. The topological polar surface area (TPSA) is 133 Å². The molecule has 0 aliphatic carbocycles. The molecule has 13 heteroatoms. The number of carbonyl (C=O) groups excluding carboxylic acids is 1. The number of nitrogens with one attached hydrogen (secondary N) is 1. The Hall–Kier alpha value is -0.401. The van der Waals surface area contributed by atoms with Gasteiger partial charge in [-0.1, -0.05) is 66.9 Å². The number of quaternary nitrogens is 1. The second kappa shape index (κ2) is 33.6. The van der Waals surface area contributed by atoms with Crippen molar-refractivity contribution in [2.75, 3.05) is 34.7 Å². The Morgan fingerprint density at radius 2 is 1.20 bits per heavy atom. The van der Waals surface area contributed by atoms with E-state index in [2.05, 4.69) is 56.6 Å². The van der Waals surface area contributed by atoms with Crippen molar-refractivity contribution in [1.82, 2.24) is 9.80 Å². The quantitative estimate of drug-likeness (QED) is 0.0630. The zero-order chi connectivity index (χ0) is 27.5. The van der Waals surface area contributed by atoms with Crippen LogP contribution in [0, 0.1) is 5.41 Å². The van der Waals surface area contributed by atoms with Crippen LogP contribution in [-0.4, -0.2) is 76.3 Å². The minimum Gasteiger partial charge on any atom is -0.547 e. The summed E-state index contributed by atoms with van der Waals surface area (Å²) >= 11 is 18.2. The first-order valence-electron chi connectivity index (χ1n) is 11.5. The maximum Gasteiger partial charge on any atom is 2.00 e. The molecule has 0 amide bonds. The molecule has 35 heavy (non-hydrogen) atoms. The van der Waals surface area contributed by atoms with Gasteiger partial charge in [0.2, 0.25) is 0 Å². The SMILES string of the molecule is CC(O)C(=O)[O-].CCCCCCCCCCCC[NH2+]C(=N)N.CN(C)C(=S)[S-].CN(C)C(=S)[S-].[Cu+2]. The first-order valence-corrected chi connectivity index (χ1v) is 13.2. The van der Waals surface area contributed by atoms with Crippen molar-refractivity contribution < 1.29 is 37.4 Å². The van der Waals surface area contributed by atoms with Crippen LogP contribution >= 0.6 is 24.4 Å². The predicted molar refractivity (Wildman–Crippen MR) is 155 cm³/mol. The Morgan fingerprint density at radius 1 is 0.943 bits per heavy atom. The zero-order valence-corrected chi connectivity index (χ0v) is 26.3. The van der Waals surface area contributed by atoms with E-state index >= 15 is 0 Å². The summed E-state index contributed by atoms with van der Waals surface area (Å²) in [6.45, 7) is 4.37. The van der Waals surface area contributed by atoms with Gasteiger partial charge in [0.25, 0.3) is 5.96 Å². The van der Waals surface area contributed by atoms with Crippen LogP contribution < -0.4 is 16.2 Å². The first kappa shape index (κ1) is 44.6. The number of carboxylic acids is 1. The van der Waals surface area contributed by atoms with E-state index in [0.29, 0.717) is 8.64 Å². The van der Waals surface area contributed by atoms with Crippen LogP contribution in [0.1, 0.15) is 78.1 Å². The summed E-state index contributed by atoms with van der Waals surface area (Å²) < 4.78 is 1.02. The third kappa shape index (κ3) is 55.4. The van der Waals surface area contributed by atoms with Crippen LogP contribution in [0.15, 0.2) is 0 Å². The number of rotatable bonds is 12. The van der Waals surface area contributed by atoms with E-state index in [1.165, 1.54) is 64.2 Å². The van der Waals surface area contributed by atoms with Crippen LogP contribution in [0.2, 0.25) is 0 Å². The molecule has 1 unspecified atom stereocenters. The Kier molecular flexibility index (Phi) is 42.8. The number of aliphatic hydroxyl groups excluding tert-OH is 1. The van der Waals surface area contributed by atoms with E-state index in [9.17, 15) is 9.90 Å². The number of nitrogens with two attached hydrogens (primary N) is 2. The molecule has 0 heterocycles. The van der Waals surface area contributed by atoms with Crippen molar-refractivity contribution in [2.24, 2.45) is 5.73 Å². The molecule has 0 spiro atoms. The van der Waals surface area contributed by atoms with Gasteiger partial charge in [-0.15, -0.1) is 0 Å². The molecule has 0 saturated heterocycles. The second-order valence-electron chi connectivity index (χ2n) is 7.95. The fourth-order valence-corrected chi connectivity index (χ4v) is 1.89. The minimum atomic E-state index is -1.44. The number of unbranched alkanes of at least 4 members (excludes halogenated alkanes) is 9. The summed E-state index contributed by atoms with van der Waals surface area (Å²) in [5, 5.41) is 26.2. The summed E-state index contributed by atoms with van der Waals surface area (Å²) in [6.07, 6.45) is 12.3. The van der Waals surface area contributed by atoms with E-state index in [1.54, 1.807) is 9.80 Å². The van der Waals surface area contributed by atoms with Gasteiger partial charge in [-0.2, -0.15) is 0 Å². The number of aliphatic hydroxyl groups is 1. The Morgan fingerprint density at radius 3 is 1.40 bits per heavy atom. The molecule has 8 nitrogen and oxygen atoms in total. The molecule has 0 bridgehead atoms. The van der Waals surface area contributed by atoms with Gasteiger partial charge >= 0.3 is 17.1 Å². The molecule has 1 atom stereocenters. The van der Waals surface area contributed by atoms with Gasteiger partial charge in [-0.05, 0) is 19.8 Å². The van der Waals surface area contributed by atoms with E-state index in [4.69, 9.17) is 16.2 Å². The number of hydrogen-bond acceptors (Lipinski definition) is 8. The van der Waals surface area contributed by atoms with Crippen LogP contribution in [-0.2, 0) is 47.1 Å². The smallest absolute Gasteiger partial charge is 0.547 e. The largest absolute Gasteiger partial charge is 2.00 e.